The molecule has 1 amide bonds. The number of nitrogens with zero attached hydrogens (tertiary/aromatic N) is 3. The fourth-order valence-corrected chi connectivity index (χ4v) is 5.37. The lowest BCUT2D eigenvalue weighted by molar-refractivity contribution is 0.0950. The van der Waals surface area contributed by atoms with Gasteiger partial charge in [0.25, 0.3) is 5.91 Å². The molecule has 196 valence electrons. The zero-order valence-electron chi connectivity index (χ0n) is 21.6. The predicted molar refractivity (Wildman–Crippen MR) is 147 cm³/mol. The maximum atomic E-state index is 13.1. The van der Waals surface area contributed by atoms with Crippen molar-refractivity contribution in [3.63, 3.8) is 0 Å². The summed E-state index contributed by atoms with van der Waals surface area (Å²) in [6.45, 7) is 5.29. The van der Waals surface area contributed by atoms with Crippen LogP contribution < -0.4 is 14.8 Å². The molecule has 0 radical (unpaired) electrons. The van der Waals surface area contributed by atoms with Crippen molar-refractivity contribution in [1.82, 2.24) is 20.1 Å². The molecule has 0 spiro atoms. The normalized spacial score (nSPS) is 12.9. The quantitative estimate of drug-likeness (QED) is 0.274. The third-order valence-corrected chi connectivity index (χ3v) is 7.32. The van der Waals surface area contributed by atoms with Crippen molar-refractivity contribution in [1.29, 1.82) is 0 Å². The molecule has 0 bridgehead atoms. The van der Waals surface area contributed by atoms with E-state index in [4.69, 9.17) is 14.2 Å². The summed E-state index contributed by atoms with van der Waals surface area (Å²) in [7, 11) is 1.69. The number of nitrogens with one attached hydrogen (secondary N) is 1. The number of fused-ring (bicyclic) bond motifs is 1. The third-order valence-electron chi connectivity index (χ3n) is 6.33. The van der Waals surface area contributed by atoms with E-state index in [0.29, 0.717) is 30.2 Å². The summed E-state index contributed by atoms with van der Waals surface area (Å²) in [5, 5.41) is 12.8. The molecule has 1 N–H and O–H groups in total. The minimum Gasteiger partial charge on any atom is -0.454 e. The second-order valence-electron chi connectivity index (χ2n) is 9.16. The summed E-state index contributed by atoms with van der Waals surface area (Å²) < 4.78 is 18.4. The van der Waals surface area contributed by atoms with Gasteiger partial charge in [-0.05, 0) is 43.2 Å². The van der Waals surface area contributed by atoms with Crippen LogP contribution in [-0.2, 0) is 17.0 Å². The van der Waals surface area contributed by atoms with Gasteiger partial charge in [-0.1, -0.05) is 65.9 Å². The number of ether oxygens (including phenoxy) is 3. The first-order valence-electron chi connectivity index (χ1n) is 12.4. The lowest BCUT2D eigenvalue weighted by Gasteiger charge is -2.17. The van der Waals surface area contributed by atoms with E-state index in [1.54, 1.807) is 18.9 Å². The Kier molecular flexibility index (Phi) is 7.95. The van der Waals surface area contributed by atoms with Gasteiger partial charge in [0.15, 0.2) is 22.5 Å². The SMILES string of the molecule is COCC(C)n1c(SCc2ccccc2C(=O)NCc2ccc3c(c2)OCO3)nnc1-c1ccc(C)cc1. The summed E-state index contributed by atoms with van der Waals surface area (Å²) in [6.07, 6.45) is 0. The molecule has 2 heterocycles. The van der Waals surface area contributed by atoms with Gasteiger partial charge in [0.2, 0.25) is 6.79 Å². The van der Waals surface area contributed by atoms with Crippen molar-refractivity contribution in [2.24, 2.45) is 0 Å². The summed E-state index contributed by atoms with van der Waals surface area (Å²) in [4.78, 5) is 13.1. The number of benzene rings is 3. The third kappa shape index (κ3) is 5.69. The Bertz CT molecular complexity index is 1420. The largest absolute Gasteiger partial charge is 0.454 e. The molecule has 0 aliphatic carbocycles. The van der Waals surface area contributed by atoms with Crippen molar-refractivity contribution in [2.75, 3.05) is 20.5 Å². The molecule has 1 aliphatic rings. The molecule has 38 heavy (non-hydrogen) atoms. The number of thioether (sulfide) groups is 1. The van der Waals surface area contributed by atoms with Crippen LogP contribution in [0.15, 0.2) is 71.9 Å². The van der Waals surface area contributed by atoms with E-state index >= 15 is 0 Å². The van der Waals surface area contributed by atoms with Crippen molar-refractivity contribution in [3.05, 3.63) is 89.0 Å². The predicted octanol–water partition coefficient (Wildman–Crippen LogP) is 5.41. The fraction of sp³-hybridized carbons (Fsp3) is 0.276. The Morgan fingerprint density at radius 3 is 2.68 bits per heavy atom. The number of hydrogen-bond acceptors (Lipinski definition) is 7. The highest BCUT2D eigenvalue weighted by Crippen LogP contribution is 2.33. The van der Waals surface area contributed by atoms with Gasteiger partial charge in [0, 0.05) is 30.5 Å². The molecule has 0 saturated heterocycles. The molecule has 0 saturated carbocycles. The molecule has 1 atom stereocenters. The lowest BCUT2D eigenvalue weighted by Crippen LogP contribution is -2.23. The van der Waals surface area contributed by atoms with Gasteiger partial charge in [-0.25, -0.2) is 0 Å². The van der Waals surface area contributed by atoms with Gasteiger partial charge < -0.3 is 19.5 Å². The van der Waals surface area contributed by atoms with E-state index in [2.05, 4.69) is 58.2 Å². The number of aryl methyl sites for hydroxylation is 1. The molecule has 1 unspecified atom stereocenters. The van der Waals surface area contributed by atoms with Crippen LogP contribution in [0.2, 0.25) is 0 Å². The highest BCUT2D eigenvalue weighted by Gasteiger charge is 2.21. The van der Waals surface area contributed by atoms with Gasteiger partial charge in [-0.15, -0.1) is 10.2 Å². The maximum absolute atomic E-state index is 13.1. The zero-order chi connectivity index (χ0) is 26.5. The minimum atomic E-state index is -0.131. The van der Waals surface area contributed by atoms with E-state index in [-0.39, 0.29) is 18.7 Å². The molecule has 4 aromatic rings. The minimum absolute atomic E-state index is 0.0362. The molecular formula is C29H30N4O4S. The van der Waals surface area contributed by atoms with Crippen LogP contribution in [-0.4, -0.2) is 41.2 Å². The topological polar surface area (TPSA) is 87.5 Å². The molecule has 0 fully saturated rings. The standard InChI is InChI=1S/C29H30N4O4S/c1-19-8-11-22(12-9-19)27-31-32-29(33(27)20(2)16-35-3)38-17-23-6-4-5-7-24(23)28(34)30-15-21-10-13-25-26(14-21)37-18-36-25/h4-14,20H,15-18H2,1-3H3,(H,30,34). The highest BCUT2D eigenvalue weighted by molar-refractivity contribution is 7.98. The summed E-state index contributed by atoms with van der Waals surface area (Å²) in [5.41, 5.74) is 4.69. The number of carbonyl (C=O) groups is 1. The first-order chi connectivity index (χ1) is 18.5. The van der Waals surface area contributed by atoms with Crippen molar-refractivity contribution in [3.8, 4) is 22.9 Å². The van der Waals surface area contributed by atoms with Crippen LogP contribution >= 0.6 is 11.8 Å². The van der Waals surface area contributed by atoms with Gasteiger partial charge in [0.05, 0.1) is 12.6 Å². The Morgan fingerprint density at radius 1 is 1.08 bits per heavy atom. The monoisotopic (exact) mass is 530 g/mol. The molecule has 3 aromatic carbocycles. The van der Waals surface area contributed by atoms with Gasteiger partial charge in [0.1, 0.15) is 0 Å². The van der Waals surface area contributed by atoms with Gasteiger partial charge in [-0.3, -0.25) is 9.36 Å². The smallest absolute Gasteiger partial charge is 0.251 e. The number of rotatable bonds is 10. The van der Waals surface area contributed by atoms with Crippen molar-refractivity contribution >= 4 is 17.7 Å². The van der Waals surface area contributed by atoms with Crippen LogP contribution in [0.4, 0.5) is 0 Å². The van der Waals surface area contributed by atoms with E-state index in [1.165, 1.54) is 5.56 Å². The average Bonchev–Trinajstić information content (AvgIpc) is 3.58. The number of aromatic nitrogens is 3. The first kappa shape index (κ1) is 25.8. The van der Waals surface area contributed by atoms with Gasteiger partial charge >= 0.3 is 0 Å². The number of amides is 1. The maximum Gasteiger partial charge on any atom is 0.251 e. The zero-order valence-corrected chi connectivity index (χ0v) is 22.5. The Balaban J connectivity index is 1.31. The molecule has 8 nitrogen and oxygen atoms in total. The van der Waals surface area contributed by atoms with Crippen LogP contribution in [0.3, 0.4) is 0 Å². The second-order valence-corrected chi connectivity index (χ2v) is 10.1. The van der Waals surface area contributed by atoms with Crippen LogP contribution in [0.1, 0.15) is 40.0 Å². The Hall–Kier alpha value is -3.82. The van der Waals surface area contributed by atoms with Crippen LogP contribution in [0, 0.1) is 6.92 Å². The highest BCUT2D eigenvalue weighted by atomic mass is 32.2. The van der Waals surface area contributed by atoms with E-state index < -0.39 is 0 Å². The molecule has 1 aliphatic heterocycles. The van der Waals surface area contributed by atoms with E-state index in [0.717, 1.165) is 33.4 Å². The Morgan fingerprint density at radius 2 is 1.87 bits per heavy atom. The van der Waals surface area contributed by atoms with E-state index in [9.17, 15) is 4.79 Å². The fourth-order valence-electron chi connectivity index (χ4n) is 4.33. The summed E-state index contributed by atoms with van der Waals surface area (Å²) in [6, 6.07) is 21.6. The molecule has 1 aromatic heterocycles. The van der Waals surface area contributed by atoms with Crippen molar-refractivity contribution < 1.29 is 19.0 Å². The number of carbonyl (C=O) groups excluding carboxylic acids is 1. The average molecular weight is 531 g/mol. The number of methoxy groups -OCH3 is 1. The lowest BCUT2D eigenvalue weighted by atomic mass is 10.1. The summed E-state index contributed by atoms with van der Waals surface area (Å²) >= 11 is 1.56. The first-order valence-corrected chi connectivity index (χ1v) is 13.4. The Labute approximate surface area is 226 Å². The summed E-state index contributed by atoms with van der Waals surface area (Å²) in [5.74, 6) is 2.66. The van der Waals surface area contributed by atoms with Gasteiger partial charge in [-0.2, -0.15) is 0 Å². The number of hydrogen-bond donors (Lipinski definition) is 1. The molecule has 5 rings (SSSR count). The van der Waals surface area contributed by atoms with E-state index in [1.807, 2.05) is 42.5 Å². The second kappa shape index (κ2) is 11.7. The molecular weight excluding hydrogens is 500 g/mol. The van der Waals surface area contributed by atoms with Crippen molar-refractivity contribution in [2.45, 2.75) is 37.3 Å². The molecule has 9 heteroatoms. The van der Waals surface area contributed by atoms with Crippen LogP contribution in [0.25, 0.3) is 11.4 Å². The van der Waals surface area contributed by atoms with Crippen LogP contribution in [0.5, 0.6) is 11.5 Å².